The van der Waals surface area contributed by atoms with E-state index in [1.807, 2.05) is 29.0 Å². The van der Waals surface area contributed by atoms with E-state index in [0.717, 1.165) is 10.9 Å². The highest BCUT2D eigenvalue weighted by molar-refractivity contribution is 5.82. The molecule has 19 heavy (non-hydrogen) atoms. The van der Waals surface area contributed by atoms with Gasteiger partial charge in [-0.25, -0.2) is 4.79 Å². The van der Waals surface area contributed by atoms with E-state index >= 15 is 0 Å². The molecule has 4 heteroatoms. The molecule has 0 aliphatic rings. The molecule has 0 unspecified atom stereocenters. The van der Waals surface area contributed by atoms with Crippen LogP contribution in [0.5, 0.6) is 0 Å². The topological polar surface area (TPSA) is 55.0 Å². The van der Waals surface area contributed by atoms with Crippen molar-refractivity contribution >= 4 is 16.9 Å². The molecule has 0 saturated carbocycles. The Kier molecular flexibility index (Phi) is 3.99. The first-order valence-corrected chi connectivity index (χ1v) is 6.07. The maximum absolute atomic E-state index is 11.2. The van der Waals surface area contributed by atoms with Crippen LogP contribution in [0.4, 0.5) is 0 Å². The number of carbonyl (C=O) groups is 1. The van der Waals surface area contributed by atoms with Crippen molar-refractivity contribution in [1.82, 2.24) is 4.57 Å². The van der Waals surface area contributed by atoms with Crippen molar-refractivity contribution in [2.24, 2.45) is 0 Å². The minimum atomic E-state index is -0.336. The van der Waals surface area contributed by atoms with E-state index in [1.165, 1.54) is 6.08 Å². The number of aromatic nitrogens is 1. The summed E-state index contributed by atoms with van der Waals surface area (Å²) in [5, 5.41) is 9.97. The summed E-state index contributed by atoms with van der Waals surface area (Å²) in [6.07, 6.45) is 5.10. The minimum Gasteiger partial charge on any atom is -0.463 e. The Morgan fingerprint density at radius 2 is 2.32 bits per heavy atom. The third-order valence-electron chi connectivity index (χ3n) is 2.75. The third-order valence-corrected chi connectivity index (χ3v) is 2.75. The van der Waals surface area contributed by atoms with Crippen molar-refractivity contribution < 1.29 is 9.53 Å². The Labute approximate surface area is 111 Å². The molecular formula is C15H14N2O2. The van der Waals surface area contributed by atoms with Crippen molar-refractivity contribution in [3.63, 3.8) is 0 Å². The molecule has 0 N–H and O–H groups in total. The maximum Gasteiger partial charge on any atom is 0.330 e. The van der Waals surface area contributed by atoms with E-state index < -0.39 is 0 Å². The monoisotopic (exact) mass is 254 g/mol. The fourth-order valence-electron chi connectivity index (χ4n) is 1.87. The van der Waals surface area contributed by atoms with Gasteiger partial charge in [0.25, 0.3) is 0 Å². The van der Waals surface area contributed by atoms with Gasteiger partial charge in [-0.2, -0.15) is 5.26 Å². The smallest absolute Gasteiger partial charge is 0.330 e. The van der Waals surface area contributed by atoms with Crippen LogP contribution in [-0.2, 0) is 16.1 Å². The summed E-state index contributed by atoms with van der Waals surface area (Å²) in [6.45, 7) is 2.72. The quantitative estimate of drug-likeness (QED) is 0.622. The van der Waals surface area contributed by atoms with E-state index in [1.54, 1.807) is 19.1 Å². The van der Waals surface area contributed by atoms with Crippen molar-refractivity contribution in [2.45, 2.75) is 13.5 Å². The van der Waals surface area contributed by atoms with Gasteiger partial charge in [0.2, 0.25) is 0 Å². The minimum absolute atomic E-state index is 0.336. The van der Waals surface area contributed by atoms with Gasteiger partial charge in [0.1, 0.15) is 0 Å². The first-order chi connectivity index (χ1) is 9.24. The van der Waals surface area contributed by atoms with Crippen LogP contribution in [0.2, 0.25) is 0 Å². The van der Waals surface area contributed by atoms with E-state index in [9.17, 15) is 4.79 Å². The Hall–Kier alpha value is -2.54. The number of hydrogen-bond acceptors (Lipinski definition) is 3. The predicted octanol–water partition coefficient (Wildman–Crippen LogP) is 2.63. The summed E-state index contributed by atoms with van der Waals surface area (Å²) in [6, 6.07) is 9.65. The second-order valence-electron chi connectivity index (χ2n) is 4.01. The average molecular weight is 254 g/mol. The van der Waals surface area contributed by atoms with Gasteiger partial charge in [-0.15, -0.1) is 0 Å². The van der Waals surface area contributed by atoms with E-state index in [0.29, 0.717) is 18.7 Å². The number of rotatable bonds is 4. The normalized spacial score (nSPS) is 10.7. The second-order valence-corrected chi connectivity index (χ2v) is 4.01. The van der Waals surface area contributed by atoms with Gasteiger partial charge in [-0.05, 0) is 30.5 Å². The molecule has 2 rings (SSSR count). The molecule has 0 amide bonds. The van der Waals surface area contributed by atoms with Gasteiger partial charge in [-0.1, -0.05) is 12.1 Å². The lowest BCUT2D eigenvalue weighted by atomic mass is 10.2. The van der Waals surface area contributed by atoms with E-state index in [-0.39, 0.29) is 5.97 Å². The van der Waals surface area contributed by atoms with E-state index in [4.69, 9.17) is 10.00 Å². The highest BCUT2D eigenvalue weighted by Crippen LogP contribution is 2.17. The standard InChI is InChI=1S/C15H14N2O2/c1-2-19-15(18)4-3-8-17-9-7-13-6-5-12(11-16)10-14(13)17/h3-7,9-10H,2,8H2,1H3/b4-3+. The first kappa shape index (κ1) is 12.9. The molecule has 0 atom stereocenters. The van der Waals surface area contributed by atoms with Gasteiger partial charge < -0.3 is 9.30 Å². The number of benzene rings is 1. The molecule has 0 aliphatic carbocycles. The number of carbonyl (C=O) groups excluding carboxylic acids is 1. The van der Waals surface area contributed by atoms with Crippen LogP contribution in [0.25, 0.3) is 10.9 Å². The number of esters is 1. The largest absolute Gasteiger partial charge is 0.463 e. The zero-order valence-corrected chi connectivity index (χ0v) is 10.7. The average Bonchev–Trinajstić information content (AvgIpc) is 2.81. The molecule has 1 aromatic carbocycles. The van der Waals surface area contributed by atoms with Crippen molar-refractivity contribution in [3.05, 3.63) is 48.2 Å². The lowest BCUT2D eigenvalue weighted by Crippen LogP contribution is -2.00. The van der Waals surface area contributed by atoms with Gasteiger partial charge in [-0.3, -0.25) is 0 Å². The molecule has 96 valence electrons. The maximum atomic E-state index is 11.2. The zero-order chi connectivity index (χ0) is 13.7. The summed E-state index contributed by atoms with van der Waals surface area (Å²) in [7, 11) is 0. The molecule has 2 aromatic rings. The molecule has 4 nitrogen and oxygen atoms in total. The fourth-order valence-corrected chi connectivity index (χ4v) is 1.87. The van der Waals surface area contributed by atoms with Crippen LogP contribution in [0, 0.1) is 11.3 Å². The number of nitriles is 1. The first-order valence-electron chi connectivity index (χ1n) is 6.07. The van der Waals surface area contributed by atoms with Crippen LogP contribution in [0.3, 0.4) is 0 Å². The molecule has 0 fully saturated rings. The Balaban J connectivity index is 2.17. The number of nitrogens with zero attached hydrogens (tertiary/aromatic N) is 2. The number of fused-ring (bicyclic) bond motifs is 1. The molecule has 0 bridgehead atoms. The second kappa shape index (κ2) is 5.87. The Morgan fingerprint density at radius 3 is 3.05 bits per heavy atom. The zero-order valence-electron chi connectivity index (χ0n) is 10.7. The molecule has 1 aromatic heterocycles. The van der Waals surface area contributed by atoms with Crippen LogP contribution >= 0.6 is 0 Å². The highest BCUT2D eigenvalue weighted by atomic mass is 16.5. The summed E-state index contributed by atoms with van der Waals surface area (Å²) in [5.41, 5.74) is 1.61. The molecule has 0 radical (unpaired) electrons. The van der Waals surface area contributed by atoms with Crippen LogP contribution in [-0.4, -0.2) is 17.1 Å². The number of ether oxygens (including phenoxy) is 1. The summed E-state index contributed by atoms with van der Waals surface area (Å²) in [4.78, 5) is 11.2. The summed E-state index contributed by atoms with van der Waals surface area (Å²) < 4.78 is 6.79. The molecule has 0 aliphatic heterocycles. The number of allylic oxidation sites excluding steroid dienone is 1. The third kappa shape index (κ3) is 3.02. The van der Waals surface area contributed by atoms with Crippen molar-refractivity contribution in [2.75, 3.05) is 6.61 Å². The van der Waals surface area contributed by atoms with E-state index in [2.05, 4.69) is 6.07 Å². The lowest BCUT2D eigenvalue weighted by Gasteiger charge is -2.01. The SMILES string of the molecule is CCOC(=O)/C=C/Cn1ccc2ccc(C#N)cc21. The van der Waals surface area contributed by atoms with Crippen LogP contribution in [0.1, 0.15) is 12.5 Å². The summed E-state index contributed by atoms with van der Waals surface area (Å²) >= 11 is 0. The molecule has 0 spiro atoms. The van der Waals surface area contributed by atoms with Gasteiger partial charge in [0, 0.05) is 24.3 Å². The lowest BCUT2D eigenvalue weighted by molar-refractivity contribution is -0.137. The molecule has 0 saturated heterocycles. The summed E-state index contributed by atoms with van der Waals surface area (Å²) in [5.74, 6) is -0.336. The Morgan fingerprint density at radius 1 is 1.47 bits per heavy atom. The van der Waals surface area contributed by atoms with Crippen LogP contribution < -0.4 is 0 Å². The predicted molar refractivity (Wildman–Crippen MR) is 72.4 cm³/mol. The fraction of sp³-hybridized carbons (Fsp3) is 0.200. The van der Waals surface area contributed by atoms with Crippen LogP contribution in [0.15, 0.2) is 42.6 Å². The van der Waals surface area contributed by atoms with Gasteiger partial charge in [0.15, 0.2) is 0 Å². The number of hydrogen-bond donors (Lipinski definition) is 0. The van der Waals surface area contributed by atoms with Crippen molar-refractivity contribution in [1.29, 1.82) is 5.26 Å². The van der Waals surface area contributed by atoms with Gasteiger partial charge >= 0.3 is 5.97 Å². The molecule has 1 heterocycles. The Bertz CT molecular complexity index is 662. The highest BCUT2D eigenvalue weighted by Gasteiger charge is 2.01. The van der Waals surface area contributed by atoms with Gasteiger partial charge in [0.05, 0.1) is 18.2 Å². The molecular weight excluding hydrogens is 240 g/mol. The van der Waals surface area contributed by atoms with Crippen molar-refractivity contribution in [3.8, 4) is 6.07 Å².